The highest BCUT2D eigenvalue weighted by Gasteiger charge is 2.15. The molecule has 0 bridgehead atoms. The van der Waals surface area contributed by atoms with Gasteiger partial charge in [0.05, 0.1) is 6.54 Å². The number of carbonyl (C=O) groups is 3. The molecule has 8 heteroatoms. The van der Waals surface area contributed by atoms with Gasteiger partial charge in [0.25, 0.3) is 5.91 Å². The van der Waals surface area contributed by atoms with Crippen molar-refractivity contribution in [1.82, 2.24) is 14.7 Å². The van der Waals surface area contributed by atoms with E-state index in [1.165, 1.54) is 6.20 Å². The minimum atomic E-state index is -0.709. The fourth-order valence-electron chi connectivity index (χ4n) is 3.03. The number of fused-ring (bicyclic) bond motifs is 1. The number of esters is 1. The van der Waals surface area contributed by atoms with Crippen molar-refractivity contribution in [2.75, 3.05) is 18.5 Å². The summed E-state index contributed by atoms with van der Waals surface area (Å²) < 4.78 is 6.64. The van der Waals surface area contributed by atoms with Crippen molar-refractivity contribution in [3.05, 3.63) is 65.1 Å². The van der Waals surface area contributed by atoms with Crippen LogP contribution in [0.1, 0.15) is 27.2 Å². The predicted molar refractivity (Wildman–Crippen MR) is 108 cm³/mol. The molecule has 0 saturated heterocycles. The molecule has 150 valence electrons. The highest BCUT2D eigenvalue weighted by molar-refractivity contribution is 5.96. The van der Waals surface area contributed by atoms with Crippen LogP contribution in [-0.4, -0.2) is 40.3 Å². The maximum absolute atomic E-state index is 12.1. The minimum absolute atomic E-state index is 0.104. The number of nitrogens with one attached hydrogen (secondary N) is 2. The molecule has 0 unspecified atom stereocenters. The smallest absolute Gasteiger partial charge is 0.359 e. The van der Waals surface area contributed by atoms with Crippen LogP contribution in [0.15, 0.2) is 42.7 Å². The van der Waals surface area contributed by atoms with Crippen LogP contribution in [0.2, 0.25) is 0 Å². The molecule has 0 aliphatic rings. The summed E-state index contributed by atoms with van der Waals surface area (Å²) in [6, 6.07) is 9.30. The fourth-order valence-corrected chi connectivity index (χ4v) is 3.03. The number of anilines is 1. The standard InChI is InChI=1S/C21H22N4O4/c1-13-8-14(2)20(15(3)9-13)24-18(26)10-22-19(27)12-29-21(28)16-11-25-7-5-4-6-17(25)23-16/h4-9,11H,10,12H2,1-3H3,(H,22,27)(H,24,26). The van der Waals surface area contributed by atoms with E-state index in [-0.39, 0.29) is 18.1 Å². The Morgan fingerprint density at radius 2 is 1.79 bits per heavy atom. The molecular formula is C21H22N4O4. The van der Waals surface area contributed by atoms with Gasteiger partial charge in [0, 0.05) is 18.1 Å². The summed E-state index contributed by atoms with van der Waals surface area (Å²) in [5, 5.41) is 5.23. The lowest BCUT2D eigenvalue weighted by Crippen LogP contribution is -2.35. The van der Waals surface area contributed by atoms with Gasteiger partial charge in [-0.3, -0.25) is 9.59 Å². The highest BCUT2D eigenvalue weighted by Crippen LogP contribution is 2.21. The van der Waals surface area contributed by atoms with Gasteiger partial charge in [-0.05, 0) is 44.0 Å². The lowest BCUT2D eigenvalue weighted by molar-refractivity contribution is -0.126. The molecule has 2 aromatic heterocycles. The van der Waals surface area contributed by atoms with Gasteiger partial charge in [0.1, 0.15) is 5.65 Å². The third-order valence-corrected chi connectivity index (χ3v) is 4.30. The Labute approximate surface area is 167 Å². The maximum atomic E-state index is 12.1. The molecule has 3 rings (SSSR count). The van der Waals surface area contributed by atoms with Gasteiger partial charge in [-0.25, -0.2) is 9.78 Å². The van der Waals surface area contributed by atoms with Crippen molar-refractivity contribution in [3.63, 3.8) is 0 Å². The number of aromatic nitrogens is 2. The topological polar surface area (TPSA) is 102 Å². The number of ether oxygens (including phenoxy) is 1. The number of amides is 2. The second-order valence-electron chi connectivity index (χ2n) is 6.77. The lowest BCUT2D eigenvalue weighted by Gasteiger charge is -2.13. The number of hydrogen-bond acceptors (Lipinski definition) is 5. The van der Waals surface area contributed by atoms with Crippen LogP contribution >= 0.6 is 0 Å². The van der Waals surface area contributed by atoms with Gasteiger partial charge in [-0.1, -0.05) is 23.8 Å². The highest BCUT2D eigenvalue weighted by atomic mass is 16.5. The summed E-state index contributed by atoms with van der Waals surface area (Å²) >= 11 is 0. The van der Waals surface area contributed by atoms with Crippen molar-refractivity contribution in [1.29, 1.82) is 0 Å². The Hall–Kier alpha value is -3.68. The fraction of sp³-hybridized carbons (Fsp3) is 0.238. The second-order valence-corrected chi connectivity index (χ2v) is 6.77. The third-order valence-electron chi connectivity index (χ3n) is 4.30. The molecule has 2 N–H and O–H groups in total. The Kier molecular flexibility index (Phi) is 5.92. The van der Waals surface area contributed by atoms with Crippen LogP contribution < -0.4 is 10.6 Å². The summed E-state index contributed by atoms with van der Waals surface area (Å²) in [7, 11) is 0. The molecule has 3 aromatic rings. The van der Waals surface area contributed by atoms with Crippen LogP contribution in [0.3, 0.4) is 0 Å². The SMILES string of the molecule is Cc1cc(C)c(NC(=O)CNC(=O)COC(=O)c2cn3ccccc3n2)c(C)c1. The first kappa shape index (κ1) is 20.1. The molecule has 1 aromatic carbocycles. The number of aryl methyl sites for hydroxylation is 3. The molecule has 0 aliphatic carbocycles. The van der Waals surface area contributed by atoms with E-state index in [1.807, 2.05) is 39.0 Å². The zero-order valence-corrected chi connectivity index (χ0v) is 16.5. The van der Waals surface area contributed by atoms with E-state index in [2.05, 4.69) is 15.6 Å². The van der Waals surface area contributed by atoms with Crippen molar-refractivity contribution >= 4 is 29.1 Å². The van der Waals surface area contributed by atoms with Crippen molar-refractivity contribution in [2.45, 2.75) is 20.8 Å². The molecular weight excluding hydrogens is 372 g/mol. The van der Waals surface area contributed by atoms with E-state index in [0.29, 0.717) is 5.65 Å². The molecule has 2 amide bonds. The number of nitrogens with zero attached hydrogens (tertiary/aromatic N) is 2. The van der Waals surface area contributed by atoms with E-state index >= 15 is 0 Å². The second kappa shape index (κ2) is 8.55. The van der Waals surface area contributed by atoms with Crippen LogP contribution in [0.5, 0.6) is 0 Å². The summed E-state index contributed by atoms with van der Waals surface area (Å²) in [5.41, 5.74) is 4.44. The monoisotopic (exact) mass is 394 g/mol. The Balaban J connectivity index is 1.47. The molecule has 0 radical (unpaired) electrons. The van der Waals surface area contributed by atoms with E-state index < -0.39 is 18.5 Å². The van der Waals surface area contributed by atoms with Gasteiger partial charge in [0.2, 0.25) is 5.91 Å². The number of hydrogen-bond donors (Lipinski definition) is 2. The Bertz CT molecular complexity index is 1030. The van der Waals surface area contributed by atoms with Gasteiger partial charge in [-0.15, -0.1) is 0 Å². The first-order chi connectivity index (χ1) is 13.8. The maximum Gasteiger partial charge on any atom is 0.359 e. The van der Waals surface area contributed by atoms with Gasteiger partial charge in [-0.2, -0.15) is 0 Å². The summed E-state index contributed by atoms with van der Waals surface area (Å²) in [6.45, 7) is 5.08. The lowest BCUT2D eigenvalue weighted by atomic mass is 10.1. The molecule has 0 saturated carbocycles. The quantitative estimate of drug-likeness (QED) is 0.624. The van der Waals surface area contributed by atoms with E-state index in [0.717, 1.165) is 22.4 Å². The van der Waals surface area contributed by atoms with Crippen LogP contribution in [-0.2, 0) is 14.3 Å². The molecule has 8 nitrogen and oxygen atoms in total. The number of imidazole rings is 1. The average molecular weight is 394 g/mol. The molecule has 0 spiro atoms. The van der Waals surface area contributed by atoms with Crippen molar-refractivity contribution in [2.24, 2.45) is 0 Å². The number of carbonyl (C=O) groups excluding carboxylic acids is 3. The molecule has 0 atom stereocenters. The van der Waals surface area contributed by atoms with E-state index in [1.54, 1.807) is 22.7 Å². The van der Waals surface area contributed by atoms with Crippen molar-refractivity contribution in [3.8, 4) is 0 Å². The number of rotatable bonds is 6. The van der Waals surface area contributed by atoms with Gasteiger partial charge < -0.3 is 19.8 Å². The Morgan fingerprint density at radius 1 is 1.07 bits per heavy atom. The molecule has 0 aliphatic heterocycles. The minimum Gasteiger partial charge on any atom is -0.451 e. The summed E-state index contributed by atoms with van der Waals surface area (Å²) in [4.78, 5) is 40.2. The number of benzene rings is 1. The first-order valence-corrected chi connectivity index (χ1v) is 9.09. The Morgan fingerprint density at radius 3 is 2.48 bits per heavy atom. The van der Waals surface area contributed by atoms with Crippen LogP contribution in [0, 0.1) is 20.8 Å². The summed E-state index contributed by atoms with van der Waals surface area (Å²) in [5.74, 6) is -1.64. The third kappa shape index (κ3) is 4.98. The summed E-state index contributed by atoms with van der Waals surface area (Å²) in [6.07, 6.45) is 3.27. The molecule has 29 heavy (non-hydrogen) atoms. The van der Waals surface area contributed by atoms with E-state index in [4.69, 9.17) is 4.74 Å². The van der Waals surface area contributed by atoms with Crippen molar-refractivity contribution < 1.29 is 19.1 Å². The number of pyridine rings is 1. The van der Waals surface area contributed by atoms with Crippen LogP contribution in [0.25, 0.3) is 5.65 Å². The van der Waals surface area contributed by atoms with Gasteiger partial charge in [0.15, 0.2) is 12.3 Å². The van der Waals surface area contributed by atoms with E-state index in [9.17, 15) is 14.4 Å². The molecule has 2 heterocycles. The first-order valence-electron chi connectivity index (χ1n) is 9.09. The zero-order chi connectivity index (χ0) is 21.0. The largest absolute Gasteiger partial charge is 0.451 e. The zero-order valence-electron chi connectivity index (χ0n) is 16.5. The van der Waals surface area contributed by atoms with Crippen LogP contribution in [0.4, 0.5) is 5.69 Å². The predicted octanol–water partition coefficient (Wildman–Crippen LogP) is 2.17. The van der Waals surface area contributed by atoms with Gasteiger partial charge >= 0.3 is 5.97 Å². The normalized spacial score (nSPS) is 10.6. The average Bonchev–Trinajstić information content (AvgIpc) is 3.11. The molecule has 0 fully saturated rings.